The molecule has 1 aliphatic rings. The summed E-state index contributed by atoms with van der Waals surface area (Å²) in [4.78, 5) is 22.5. The summed E-state index contributed by atoms with van der Waals surface area (Å²) in [6.45, 7) is 0.800. The standard InChI is InChI=1S/C7H12N2O4/c1-13-6(10)8-5-2-3-9(4-5)7(11)12/h5H,2-4H2,1H3,(H,8,10)(H,11,12). The highest BCUT2D eigenvalue weighted by atomic mass is 16.5. The van der Waals surface area contributed by atoms with Crippen molar-refractivity contribution in [1.82, 2.24) is 10.2 Å². The van der Waals surface area contributed by atoms with Crippen LogP contribution in [-0.2, 0) is 4.74 Å². The minimum absolute atomic E-state index is 0.122. The van der Waals surface area contributed by atoms with E-state index in [1.54, 1.807) is 0 Å². The Labute approximate surface area is 75.5 Å². The number of alkyl carbamates (subject to hydrolysis) is 1. The second-order valence-corrected chi connectivity index (χ2v) is 2.85. The quantitative estimate of drug-likeness (QED) is 0.611. The number of nitrogens with zero attached hydrogens (tertiary/aromatic N) is 1. The zero-order valence-electron chi connectivity index (χ0n) is 7.32. The first-order valence-electron chi connectivity index (χ1n) is 3.96. The molecule has 2 N–H and O–H groups in total. The molecule has 6 heteroatoms. The summed E-state index contributed by atoms with van der Waals surface area (Å²) in [6.07, 6.45) is -0.826. The average molecular weight is 188 g/mol. The molecular formula is C7H12N2O4. The van der Waals surface area contributed by atoms with E-state index in [9.17, 15) is 9.59 Å². The van der Waals surface area contributed by atoms with Crippen molar-refractivity contribution in [2.75, 3.05) is 20.2 Å². The summed E-state index contributed by atoms with van der Waals surface area (Å²) >= 11 is 0. The molecule has 1 rings (SSSR count). The first-order valence-corrected chi connectivity index (χ1v) is 3.96. The summed E-state index contributed by atoms with van der Waals surface area (Å²) in [5.74, 6) is 0. The van der Waals surface area contributed by atoms with Gasteiger partial charge in [-0.1, -0.05) is 0 Å². The molecule has 1 saturated heterocycles. The number of ether oxygens (including phenoxy) is 1. The molecule has 0 aromatic rings. The van der Waals surface area contributed by atoms with E-state index < -0.39 is 12.2 Å². The number of amides is 2. The first kappa shape index (κ1) is 9.63. The van der Waals surface area contributed by atoms with E-state index in [1.807, 2.05) is 0 Å². The SMILES string of the molecule is COC(=O)NC1CCN(C(=O)O)C1. The van der Waals surface area contributed by atoms with Gasteiger partial charge in [-0.05, 0) is 6.42 Å². The molecule has 0 saturated carbocycles. The topological polar surface area (TPSA) is 78.9 Å². The molecule has 0 radical (unpaired) electrons. The van der Waals surface area contributed by atoms with E-state index >= 15 is 0 Å². The maximum atomic E-state index is 10.7. The van der Waals surface area contributed by atoms with Crippen LogP contribution in [-0.4, -0.2) is 48.4 Å². The fourth-order valence-corrected chi connectivity index (χ4v) is 1.28. The molecule has 1 aliphatic heterocycles. The Kier molecular flexibility index (Phi) is 2.94. The fraction of sp³-hybridized carbons (Fsp3) is 0.714. The van der Waals surface area contributed by atoms with Crippen molar-refractivity contribution in [3.63, 3.8) is 0 Å². The highest BCUT2D eigenvalue weighted by Gasteiger charge is 2.26. The third-order valence-electron chi connectivity index (χ3n) is 1.97. The lowest BCUT2D eigenvalue weighted by Gasteiger charge is -2.12. The molecule has 0 spiro atoms. The van der Waals surface area contributed by atoms with Crippen molar-refractivity contribution < 1.29 is 19.4 Å². The molecular weight excluding hydrogens is 176 g/mol. The number of carbonyl (C=O) groups is 2. The predicted octanol–water partition coefficient (Wildman–Crippen LogP) is 0.0947. The van der Waals surface area contributed by atoms with Gasteiger partial charge in [0, 0.05) is 13.1 Å². The number of carbonyl (C=O) groups excluding carboxylic acids is 1. The van der Waals surface area contributed by atoms with Gasteiger partial charge in [-0.25, -0.2) is 9.59 Å². The van der Waals surface area contributed by atoms with Gasteiger partial charge in [-0.2, -0.15) is 0 Å². The first-order chi connectivity index (χ1) is 6.13. The molecule has 6 nitrogen and oxygen atoms in total. The molecule has 1 heterocycles. The number of nitrogens with one attached hydrogen (secondary N) is 1. The monoisotopic (exact) mass is 188 g/mol. The summed E-state index contributed by atoms with van der Waals surface area (Å²) in [7, 11) is 1.28. The van der Waals surface area contributed by atoms with Crippen molar-refractivity contribution in [3.05, 3.63) is 0 Å². The zero-order chi connectivity index (χ0) is 9.84. The van der Waals surface area contributed by atoms with Crippen molar-refractivity contribution >= 4 is 12.2 Å². The van der Waals surface area contributed by atoms with Crippen molar-refractivity contribution in [3.8, 4) is 0 Å². The van der Waals surface area contributed by atoms with Crippen LogP contribution in [0.1, 0.15) is 6.42 Å². The lowest BCUT2D eigenvalue weighted by atomic mass is 10.3. The predicted molar refractivity (Wildman–Crippen MR) is 43.5 cm³/mol. The minimum Gasteiger partial charge on any atom is -0.465 e. The summed E-state index contributed by atoms with van der Waals surface area (Å²) in [5, 5.41) is 11.2. The van der Waals surface area contributed by atoms with E-state index in [4.69, 9.17) is 5.11 Å². The average Bonchev–Trinajstić information content (AvgIpc) is 2.52. The van der Waals surface area contributed by atoms with Crippen LogP contribution >= 0.6 is 0 Å². The lowest BCUT2D eigenvalue weighted by Crippen LogP contribution is -2.37. The molecule has 1 unspecified atom stereocenters. The number of methoxy groups -OCH3 is 1. The van der Waals surface area contributed by atoms with Gasteiger partial charge in [-0.3, -0.25) is 0 Å². The molecule has 0 aromatic heterocycles. The third-order valence-corrected chi connectivity index (χ3v) is 1.97. The van der Waals surface area contributed by atoms with Crippen molar-refractivity contribution in [2.24, 2.45) is 0 Å². The van der Waals surface area contributed by atoms with Crippen molar-refractivity contribution in [2.45, 2.75) is 12.5 Å². The normalized spacial score (nSPS) is 21.3. The van der Waals surface area contributed by atoms with Gasteiger partial charge < -0.3 is 20.1 Å². The van der Waals surface area contributed by atoms with Crippen LogP contribution in [0, 0.1) is 0 Å². The fourth-order valence-electron chi connectivity index (χ4n) is 1.28. The van der Waals surface area contributed by atoms with Crippen LogP contribution in [0.15, 0.2) is 0 Å². The number of hydrogen-bond donors (Lipinski definition) is 2. The Bertz CT molecular complexity index is 219. The number of likely N-dealkylation sites (tertiary alicyclic amines) is 1. The number of carboxylic acid groups (broad SMARTS) is 1. The number of hydrogen-bond acceptors (Lipinski definition) is 3. The molecule has 0 bridgehead atoms. The molecule has 1 fully saturated rings. The van der Waals surface area contributed by atoms with E-state index in [0.717, 1.165) is 0 Å². The minimum atomic E-state index is -0.950. The van der Waals surface area contributed by atoms with Crippen LogP contribution in [0.25, 0.3) is 0 Å². The Morgan fingerprint density at radius 2 is 2.31 bits per heavy atom. The lowest BCUT2D eigenvalue weighted by molar-refractivity contribution is 0.151. The van der Waals surface area contributed by atoms with Gasteiger partial charge >= 0.3 is 12.2 Å². The van der Waals surface area contributed by atoms with Crippen LogP contribution < -0.4 is 5.32 Å². The Morgan fingerprint density at radius 3 is 2.77 bits per heavy atom. The summed E-state index contributed by atoms with van der Waals surface area (Å²) in [6, 6.07) is -0.122. The third kappa shape index (κ3) is 2.50. The van der Waals surface area contributed by atoms with Gasteiger partial charge in [0.1, 0.15) is 0 Å². The van der Waals surface area contributed by atoms with Gasteiger partial charge in [0.2, 0.25) is 0 Å². The summed E-state index contributed by atoms with van der Waals surface area (Å²) < 4.78 is 4.39. The molecule has 0 aliphatic carbocycles. The Balaban J connectivity index is 2.33. The molecule has 13 heavy (non-hydrogen) atoms. The Hall–Kier alpha value is -1.46. The highest BCUT2D eigenvalue weighted by Crippen LogP contribution is 2.08. The molecule has 1 atom stereocenters. The molecule has 0 aromatic carbocycles. The van der Waals surface area contributed by atoms with Crippen LogP contribution in [0.4, 0.5) is 9.59 Å². The van der Waals surface area contributed by atoms with Crippen LogP contribution in [0.3, 0.4) is 0 Å². The summed E-state index contributed by atoms with van der Waals surface area (Å²) in [5.41, 5.74) is 0. The van der Waals surface area contributed by atoms with E-state index in [2.05, 4.69) is 10.1 Å². The van der Waals surface area contributed by atoms with Crippen molar-refractivity contribution in [1.29, 1.82) is 0 Å². The van der Waals surface area contributed by atoms with Gasteiger partial charge in [0.15, 0.2) is 0 Å². The molecule has 74 valence electrons. The van der Waals surface area contributed by atoms with Gasteiger partial charge in [0.05, 0.1) is 13.2 Å². The second kappa shape index (κ2) is 3.97. The van der Waals surface area contributed by atoms with Gasteiger partial charge in [0.25, 0.3) is 0 Å². The highest BCUT2D eigenvalue weighted by molar-refractivity contribution is 5.68. The van der Waals surface area contributed by atoms with E-state index in [-0.39, 0.29) is 6.04 Å². The zero-order valence-corrected chi connectivity index (χ0v) is 7.32. The van der Waals surface area contributed by atoms with E-state index in [0.29, 0.717) is 19.5 Å². The molecule has 2 amide bonds. The second-order valence-electron chi connectivity index (χ2n) is 2.85. The Morgan fingerprint density at radius 1 is 1.62 bits per heavy atom. The van der Waals surface area contributed by atoms with E-state index in [1.165, 1.54) is 12.0 Å². The maximum absolute atomic E-state index is 10.7. The van der Waals surface area contributed by atoms with Crippen LogP contribution in [0.2, 0.25) is 0 Å². The smallest absolute Gasteiger partial charge is 0.407 e. The largest absolute Gasteiger partial charge is 0.465 e. The maximum Gasteiger partial charge on any atom is 0.407 e. The van der Waals surface area contributed by atoms with Gasteiger partial charge in [-0.15, -0.1) is 0 Å². The van der Waals surface area contributed by atoms with Crippen LogP contribution in [0.5, 0.6) is 0 Å². The number of rotatable bonds is 1.